The van der Waals surface area contributed by atoms with Gasteiger partial charge in [-0.05, 0) is 44.2 Å². The number of piperazine rings is 1. The van der Waals surface area contributed by atoms with Crippen LogP contribution in [0.4, 0.5) is 10.1 Å². The zero-order chi connectivity index (χ0) is 20.5. The number of hydrogen-bond acceptors (Lipinski definition) is 3. The van der Waals surface area contributed by atoms with E-state index < -0.39 is 0 Å². The van der Waals surface area contributed by atoms with Gasteiger partial charge in [0.2, 0.25) is 0 Å². The highest BCUT2D eigenvalue weighted by Gasteiger charge is 2.26. The summed E-state index contributed by atoms with van der Waals surface area (Å²) in [6, 6.07) is 15.7. The minimum Gasteiger partial charge on any atom is -0.506 e. The fraction of sp³-hybridized carbons (Fsp3) is 0.261. The molecule has 150 valence electrons. The number of aryl methyl sites for hydroxylation is 1. The number of carbonyl (C=O) groups is 1. The van der Waals surface area contributed by atoms with Crippen molar-refractivity contribution in [3.63, 3.8) is 0 Å². The Morgan fingerprint density at radius 2 is 1.55 bits per heavy atom. The molecule has 0 spiro atoms. The fourth-order valence-electron chi connectivity index (χ4n) is 4.04. The van der Waals surface area contributed by atoms with E-state index in [1.165, 1.54) is 6.07 Å². The van der Waals surface area contributed by atoms with Gasteiger partial charge in [-0.15, -0.1) is 0 Å². The normalized spacial score (nSPS) is 14.3. The van der Waals surface area contributed by atoms with Gasteiger partial charge < -0.3 is 19.5 Å². The number of anilines is 1. The van der Waals surface area contributed by atoms with Crippen LogP contribution in [0, 0.1) is 19.7 Å². The Hall–Kier alpha value is -3.28. The van der Waals surface area contributed by atoms with Crippen molar-refractivity contribution in [3.8, 4) is 11.4 Å². The van der Waals surface area contributed by atoms with Crippen LogP contribution in [0.5, 0.6) is 5.75 Å². The van der Waals surface area contributed by atoms with Crippen molar-refractivity contribution in [2.45, 2.75) is 13.8 Å². The summed E-state index contributed by atoms with van der Waals surface area (Å²) in [6.45, 7) is 6.16. The molecular formula is C23H24FN3O2. The molecule has 0 radical (unpaired) electrons. The summed E-state index contributed by atoms with van der Waals surface area (Å²) < 4.78 is 16.1. The van der Waals surface area contributed by atoms with Gasteiger partial charge >= 0.3 is 0 Å². The molecule has 1 saturated heterocycles. The van der Waals surface area contributed by atoms with Crippen molar-refractivity contribution in [2.24, 2.45) is 0 Å². The second-order valence-electron chi connectivity index (χ2n) is 7.34. The average Bonchev–Trinajstić information content (AvgIpc) is 3.02. The summed E-state index contributed by atoms with van der Waals surface area (Å²) >= 11 is 0. The zero-order valence-electron chi connectivity index (χ0n) is 16.6. The summed E-state index contributed by atoms with van der Waals surface area (Å²) in [7, 11) is 0. The molecule has 0 aliphatic carbocycles. The Kier molecular flexibility index (Phi) is 5.01. The van der Waals surface area contributed by atoms with Gasteiger partial charge in [0.1, 0.15) is 11.6 Å². The molecule has 5 nitrogen and oxygen atoms in total. The molecule has 0 bridgehead atoms. The Bertz CT molecular complexity index is 1050. The second kappa shape index (κ2) is 7.62. The third kappa shape index (κ3) is 3.46. The highest BCUT2D eigenvalue weighted by Crippen LogP contribution is 2.28. The summed E-state index contributed by atoms with van der Waals surface area (Å²) in [5, 5.41) is 10.1. The van der Waals surface area contributed by atoms with Crippen LogP contribution in [-0.4, -0.2) is 46.7 Å². The lowest BCUT2D eigenvalue weighted by molar-refractivity contribution is 0.0746. The number of phenolic OH excluding ortho intramolecular Hbond substituents is 1. The van der Waals surface area contributed by atoms with Crippen molar-refractivity contribution in [3.05, 3.63) is 77.4 Å². The number of aromatic nitrogens is 1. The van der Waals surface area contributed by atoms with Crippen molar-refractivity contribution in [1.29, 1.82) is 0 Å². The monoisotopic (exact) mass is 393 g/mol. The van der Waals surface area contributed by atoms with E-state index in [9.17, 15) is 14.3 Å². The number of benzene rings is 2. The predicted octanol–water partition coefficient (Wildman–Crippen LogP) is 3.90. The van der Waals surface area contributed by atoms with Crippen molar-refractivity contribution >= 4 is 11.6 Å². The van der Waals surface area contributed by atoms with Crippen LogP contribution >= 0.6 is 0 Å². The molecule has 1 aliphatic rings. The Labute approximate surface area is 169 Å². The maximum atomic E-state index is 14.3. The molecule has 29 heavy (non-hydrogen) atoms. The lowest BCUT2D eigenvalue weighted by atomic mass is 10.1. The van der Waals surface area contributed by atoms with Gasteiger partial charge in [-0.3, -0.25) is 4.79 Å². The van der Waals surface area contributed by atoms with Crippen molar-refractivity contribution < 1.29 is 14.3 Å². The minimum absolute atomic E-state index is 0.0439. The highest BCUT2D eigenvalue weighted by atomic mass is 19.1. The molecule has 1 amide bonds. The van der Waals surface area contributed by atoms with Crippen molar-refractivity contribution in [2.75, 3.05) is 31.1 Å². The molecule has 1 fully saturated rings. The first-order valence-electron chi connectivity index (χ1n) is 9.73. The maximum Gasteiger partial charge on any atom is 0.255 e. The summed E-state index contributed by atoms with van der Waals surface area (Å²) in [5.74, 6) is -0.108. The molecule has 0 atom stereocenters. The molecule has 3 aromatic rings. The Balaban J connectivity index is 1.54. The molecule has 1 aliphatic heterocycles. The lowest BCUT2D eigenvalue weighted by Crippen LogP contribution is -2.48. The maximum absolute atomic E-state index is 14.3. The Morgan fingerprint density at radius 3 is 2.21 bits per heavy atom. The van der Waals surface area contributed by atoms with Crippen LogP contribution < -0.4 is 4.90 Å². The molecular weight excluding hydrogens is 369 g/mol. The number of phenols is 1. The van der Waals surface area contributed by atoms with Crippen LogP contribution in [0.1, 0.15) is 21.7 Å². The van der Waals surface area contributed by atoms with Gasteiger partial charge in [0.25, 0.3) is 5.91 Å². The number of aromatic hydroxyl groups is 1. The van der Waals surface area contributed by atoms with E-state index in [0.717, 1.165) is 17.1 Å². The summed E-state index contributed by atoms with van der Waals surface area (Å²) in [5.41, 5.74) is 3.40. The smallest absolute Gasteiger partial charge is 0.255 e. The van der Waals surface area contributed by atoms with Crippen LogP contribution in [0.2, 0.25) is 0 Å². The Morgan fingerprint density at radius 1 is 0.931 bits per heavy atom. The number of rotatable bonds is 3. The molecule has 0 saturated carbocycles. The van der Waals surface area contributed by atoms with Crippen LogP contribution in [0.15, 0.2) is 54.6 Å². The number of para-hydroxylation sites is 3. The van der Waals surface area contributed by atoms with Gasteiger partial charge in [-0.25, -0.2) is 4.39 Å². The molecule has 2 heterocycles. The standard InChI is InChI=1S/C23H24FN3O2/c1-16-15-18(17(2)27(16)20-8-4-3-7-19(20)24)23(29)26-13-11-25(12-14-26)21-9-5-6-10-22(21)28/h3-10,15,28H,11-14H2,1-2H3. The topological polar surface area (TPSA) is 48.7 Å². The lowest BCUT2D eigenvalue weighted by Gasteiger charge is -2.36. The number of carbonyl (C=O) groups excluding carboxylic acids is 1. The van der Waals surface area contributed by atoms with Gasteiger partial charge in [-0.2, -0.15) is 0 Å². The first kappa shape index (κ1) is 19.1. The van der Waals surface area contributed by atoms with Gasteiger partial charge in [0, 0.05) is 37.6 Å². The molecule has 0 unspecified atom stereocenters. The van der Waals surface area contributed by atoms with Gasteiger partial charge in [0.05, 0.1) is 16.9 Å². The first-order valence-corrected chi connectivity index (χ1v) is 9.73. The second-order valence-corrected chi connectivity index (χ2v) is 7.34. The van der Waals surface area contributed by atoms with Crippen LogP contribution in [-0.2, 0) is 0 Å². The molecule has 2 aromatic carbocycles. The fourth-order valence-corrected chi connectivity index (χ4v) is 4.04. The zero-order valence-corrected chi connectivity index (χ0v) is 16.6. The SMILES string of the molecule is Cc1cc(C(=O)N2CCN(c3ccccc3O)CC2)c(C)n1-c1ccccc1F. The van der Waals surface area contributed by atoms with E-state index in [1.807, 2.05) is 36.9 Å². The van der Waals surface area contributed by atoms with E-state index in [1.54, 1.807) is 34.9 Å². The van der Waals surface area contributed by atoms with E-state index in [0.29, 0.717) is 37.4 Å². The quantitative estimate of drug-likeness (QED) is 0.734. The van der Waals surface area contributed by atoms with Crippen molar-refractivity contribution in [1.82, 2.24) is 9.47 Å². The minimum atomic E-state index is -0.315. The molecule has 1 aromatic heterocycles. The molecule has 4 rings (SSSR count). The summed E-state index contributed by atoms with van der Waals surface area (Å²) in [6.07, 6.45) is 0. The van der Waals surface area contributed by atoms with Crippen LogP contribution in [0.25, 0.3) is 5.69 Å². The first-order chi connectivity index (χ1) is 14.0. The number of nitrogens with zero attached hydrogens (tertiary/aromatic N) is 3. The third-order valence-electron chi connectivity index (χ3n) is 5.54. The predicted molar refractivity (Wildman–Crippen MR) is 111 cm³/mol. The number of hydrogen-bond donors (Lipinski definition) is 1. The molecule has 1 N–H and O–H groups in total. The molecule has 6 heteroatoms. The summed E-state index contributed by atoms with van der Waals surface area (Å²) in [4.78, 5) is 17.1. The van der Waals surface area contributed by atoms with E-state index in [4.69, 9.17) is 0 Å². The average molecular weight is 393 g/mol. The van der Waals surface area contributed by atoms with Gasteiger partial charge in [-0.1, -0.05) is 24.3 Å². The van der Waals surface area contributed by atoms with E-state index >= 15 is 0 Å². The van der Waals surface area contributed by atoms with E-state index in [2.05, 4.69) is 4.90 Å². The van der Waals surface area contributed by atoms with E-state index in [-0.39, 0.29) is 17.5 Å². The number of halogens is 1. The largest absolute Gasteiger partial charge is 0.506 e. The van der Waals surface area contributed by atoms with Crippen LogP contribution in [0.3, 0.4) is 0 Å². The highest BCUT2D eigenvalue weighted by molar-refractivity contribution is 5.96. The third-order valence-corrected chi connectivity index (χ3v) is 5.54. The van der Waals surface area contributed by atoms with Gasteiger partial charge in [0.15, 0.2) is 0 Å². The number of amides is 1.